The van der Waals surface area contributed by atoms with E-state index >= 15 is 0 Å². The van der Waals surface area contributed by atoms with Crippen LogP contribution < -0.4 is 15.6 Å². The van der Waals surface area contributed by atoms with Crippen LogP contribution >= 0.6 is 0 Å². The lowest BCUT2D eigenvalue weighted by Gasteiger charge is -2.10. The van der Waals surface area contributed by atoms with Crippen molar-refractivity contribution in [1.29, 1.82) is 0 Å². The zero-order valence-corrected chi connectivity index (χ0v) is 12.6. The Bertz CT molecular complexity index is 979. The summed E-state index contributed by atoms with van der Waals surface area (Å²) < 4.78 is 40.1. The van der Waals surface area contributed by atoms with Gasteiger partial charge in [-0.1, -0.05) is 18.2 Å². The van der Waals surface area contributed by atoms with E-state index in [1.54, 1.807) is 24.3 Å². The molecular weight excluding hydrogens is 337 g/mol. The Morgan fingerprint density at radius 1 is 1.04 bits per heavy atom. The molecule has 3 aromatic rings. The Labute approximate surface area is 139 Å². The topological polar surface area (TPSA) is 71.2 Å². The Hall–Kier alpha value is -3.29. The molecule has 0 fully saturated rings. The van der Waals surface area contributed by atoms with E-state index in [1.807, 2.05) is 0 Å². The molecule has 1 aromatic heterocycles. The zero-order valence-electron chi connectivity index (χ0n) is 12.6. The van der Waals surface area contributed by atoms with E-state index in [4.69, 9.17) is 0 Å². The number of pyridine rings is 1. The van der Waals surface area contributed by atoms with E-state index < -0.39 is 23.6 Å². The number of rotatable bonds is 3. The first-order valence-electron chi connectivity index (χ1n) is 7.11. The third-order valence-electron chi connectivity index (χ3n) is 3.34. The van der Waals surface area contributed by atoms with Crippen LogP contribution in [-0.2, 0) is 0 Å². The van der Waals surface area contributed by atoms with Gasteiger partial charge in [0, 0.05) is 11.1 Å². The second kappa shape index (κ2) is 6.31. The van der Waals surface area contributed by atoms with Crippen molar-refractivity contribution in [3.05, 3.63) is 70.6 Å². The third-order valence-corrected chi connectivity index (χ3v) is 3.34. The lowest BCUT2D eigenvalue weighted by molar-refractivity contribution is -0.274. The lowest BCUT2D eigenvalue weighted by Crippen LogP contribution is -2.19. The molecule has 2 aromatic carbocycles. The van der Waals surface area contributed by atoms with Gasteiger partial charge in [-0.2, -0.15) is 0 Å². The molecule has 8 heteroatoms. The molecule has 0 aliphatic heterocycles. The third kappa shape index (κ3) is 3.97. The number of hydrogen-bond donors (Lipinski definition) is 2. The molecule has 0 spiro atoms. The van der Waals surface area contributed by atoms with Gasteiger partial charge in [-0.25, -0.2) is 0 Å². The van der Waals surface area contributed by atoms with Crippen LogP contribution in [0.15, 0.2) is 59.4 Å². The second-order valence-corrected chi connectivity index (χ2v) is 5.13. The van der Waals surface area contributed by atoms with Crippen LogP contribution in [0.2, 0.25) is 0 Å². The summed E-state index contributed by atoms with van der Waals surface area (Å²) in [6, 6.07) is 13.0. The van der Waals surface area contributed by atoms with E-state index in [0.717, 1.165) is 12.1 Å². The average Bonchev–Trinajstić information content (AvgIpc) is 2.55. The molecular formula is C17H11F3N2O3. The summed E-state index contributed by atoms with van der Waals surface area (Å²) in [6.45, 7) is 0. The number of H-pyrrole nitrogens is 1. The van der Waals surface area contributed by atoms with Crippen LogP contribution in [0.3, 0.4) is 0 Å². The summed E-state index contributed by atoms with van der Waals surface area (Å²) in [5.74, 6) is -0.989. The highest BCUT2D eigenvalue weighted by molar-refractivity contribution is 6.04. The molecule has 3 rings (SSSR count). The van der Waals surface area contributed by atoms with Gasteiger partial charge in [-0.05, 0) is 41.8 Å². The van der Waals surface area contributed by atoms with Crippen molar-refractivity contribution in [2.24, 2.45) is 0 Å². The predicted octanol–water partition coefficient (Wildman–Crippen LogP) is 3.68. The number of carbonyl (C=O) groups is 1. The number of halogens is 3. The van der Waals surface area contributed by atoms with Crippen molar-refractivity contribution in [3.8, 4) is 5.75 Å². The summed E-state index contributed by atoms with van der Waals surface area (Å²) in [4.78, 5) is 26.7. The number of carbonyl (C=O) groups excluding carboxylic acids is 1. The first kappa shape index (κ1) is 16.6. The number of anilines is 1. The molecule has 0 aliphatic rings. The van der Waals surface area contributed by atoms with E-state index in [9.17, 15) is 22.8 Å². The number of amides is 1. The van der Waals surface area contributed by atoms with Gasteiger partial charge < -0.3 is 15.0 Å². The van der Waals surface area contributed by atoms with Crippen molar-refractivity contribution >= 4 is 22.4 Å². The maximum absolute atomic E-state index is 12.2. The predicted molar refractivity (Wildman–Crippen MR) is 85.6 cm³/mol. The summed E-state index contributed by atoms with van der Waals surface area (Å²) in [6.07, 6.45) is -4.78. The molecule has 0 saturated heterocycles. The maximum atomic E-state index is 12.2. The Morgan fingerprint density at radius 3 is 2.40 bits per heavy atom. The molecule has 2 N–H and O–H groups in total. The molecule has 0 radical (unpaired) electrons. The van der Waals surface area contributed by atoms with Gasteiger partial charge in [0.25, 0.3) is 11.5 Å². The fraction of sp³-hybridized carbons (Fsp3) is 0.0588. The van der Waals surface area contributed by atoms with Gasteiger partial charge in [0.15, 0.2) is 0 Å². The summed E-state index contributed by atoms with van der Waals surface area (Å²) in [5.41, 5.74) is -0.106. The quantitative estimate of drug-likeness (QED) is 0.758. The molecule has 0 aliphatic carbocycles. The van der Waals surface area contributed by atoms with E-state index in [-0.39, 0.29) is 11.4 Å². The van der Waals surface area contributed by atoms with Crippen LogP contribution in [0.4, 0.5) is 18.9 Å². The fourth-order valence-electron chi connectivity index (χ4n) is 2.27. The molecule has 1 amide bonds. The molecule has 0 atom stereocenters. The highest BCUT2D eigenvalue weighted by Gasteiger charge is 2.30. The van der Waals surface area contributed by atoms with Gasteiger partial charge in [0.2, 0.25) is 0 Å². The number of aromatic nitrogens is 1. The van der Waals surface area contributed by atoms with Crippen LogP contribution in [0, 0.1) is 0 Å². The number of fused-ring (bicyclic) bond motifs is 1. The number of hydrogen-bond acceptors (Lipinski definition) is 3. The molecule has 1 heterocycles. The number of aromatic amines is 1. The minimum absolute atomic E-state index is 0.0410. The number of alkyl halides is 3. The summed E-state index contributed by atoms with van der Waals surface area (Å²) in [7, 11) is 0. The maximum Gasteiger partial charge on any atom is 0.573 e. The summed E-state index contributed by atoms with van der Waals surface area (Å²) in [5, 5.41) is 3.55. The largest absolute Gasteiger partial charge is 0.573 e. The van der Waals surface area contributed by atoms with Crippen molar-refractivity contribution in [3.63, 3.8) is 0 Å². The Balaban J connectivity index is 1.79. The average molecular weight is 348 g/mol. The van der Waals surface area contributed by atoms with Crippen molar-refractivity contribution in [1.82, 2.24) is 4.98 Å². The fourth-order valence-corrected chi connectivity index (χ4v) is 2.27. The second-order valence-electron chi connectivity index (χ2n) is 5.13. The van der Waals surface area contributed by atoms with Crippen molar-refractivity contribution in [2.45, 2.75) is 6.36 Å². The zero-order chi connectivity index (χ0) is 18.0. The van der Waals surface area contributed by atoms with E-state index in [0.29, 0.717) is 10.8 Å². The Morgan fingerprint density at radius 2 is 1.72 bits per heavy atom. The van der Waals surface area contributed by atoms with Crippen molar-refractivity contribution in [2.75, 3.05) is 5.32 Å². The van der Waals surface area contributed by atoms with Gasteiger partial charge in [-0.3, -0.25) is 9.59 Å². The Kier molecular flexibility index (Phi) is 4.18. The molecule has 0 bridgehead atoms. The van der Waals surface area contributed by atoms with Gasteiger partial charge in [-0.15, -0.1) is 13.2 Å². The first-order chi connectivity index (χ1) is 11.8. The highest BCUT2D eigenvalue weighted by Crippen LogP contribution is 2.24. The van der Waals surface area contributed by atoms with Crippen LogP contribution in [0.25, 0.3) is 10.8 Å². The first-order valence-corrected chi connectivity index (χ1v) is 7.11. The smallest absolute Gasteiger partial charge is 0.406 e. The molecule has 0 saturated carbocycles. The minimum atomic E-state index is -4.78. The number of benzene rings is 2. The number of nitrogens with one attached hydrogen (secondary N) is 2. The SMILES string of the molecule is O=C(Nc1ccc(OC(F)(F)F)cc1)c1cc2ccccc2c(=O)[nH]1. The van der Waals surface area contributed by atoms with Gasteiger partial charge in [0.05, 0.1) is 0 Å². The molecule has 128 valence electrons. The van der Waals surface area contributed by atoms with E-state index in [1.165, 1.54) is 18.2 Å². The molecule has 25 heavy (non-hydrogen) atoms. The summed E-state index contributed by atoms with van der Waals surface area (Å²) >= 11 is 0. The standard InChI is InChI=1S/C17H11F3N2O3/c18-17(19,20)25-12-7-5-11(6-8-12)21-16(24)14-9-10-3-1-2-4-13(10)15(23)22-14/h1-9H,(H,21,24)(H,22,23). The highest BCUT2D eigenvalue weighted by atomic mass is 19.4. The van der Waals surface area contributed by atoms with Gasteiger partial charge >= 0.3 is 6.36 Å². The normalized spacial score (nSPS) is 11.3. The number of ether oxygens (including phenoxy) is 1. The molecule has 5 nitrogen and oxygen atoms in total. The minimum Gasteiger partial charge on any atom is -0.406 e. The van der Waals surface area contributed by atoms with Crippen LogP contribution in [0.1, 0.15) is 10.5 Å². The van der Waals surface area contributed by atoms with Gasteiger partial charge in [0.1, 0.15) is 11.4 Å². The van der Waals surface area contributed by atoms with Crippen LogP contribution in [-0.4, -0.2) is 17.3 Å². The van der Waals surface area contributed by atoms with Crippen LogP contribution in [0.5, 0.6) is 5.75 Å². The van der Waals surface area contributed by atoms with E-state index in [2.05, 4.69) is 15.0 Å². The monoisotopic (exact) mass is 348 g/mol. The molecule has 0 unspecified atom stereocenters. The lowest BCUT2D eigenvalue weighted by atomic mass is 10.1. The van der Waals surface area contributed by atoms with Crippen molar-refractivity contribution < 1.29 is 22.7 Å².